The highest BCUT2D eigenvalue weighted by atomic mass is 32.2. The van der Waals surface area contributed by atoms with Crippen LogP contribution in [0.2, 0.25) is 0 Å². The van der Waals surface area contributed by atoms with Gasteiger partial charge in [-0.05, 0) is 6.92 Å². The molecule has 2 aliphatic rings. The van der Waals surface area contributed by atoms with Crippen LogP contribution in [0.1, 0.15) is 19.5 Å². The molecule has 0 radical (unpaired) electrons. The van der Waals surface area contributed by atoms with Crippen LogP contribution >= 0.6 is 23.1 Å². The van der Waals surface area contributed by atoms with Crippen molar-refractivity contribution in [3.63, 3.8) is 0 Å². The Labute approximate surface area is 178 Å². The van der Waals surface area contributed by atoms with E-state index in [2.05, 4.69) is 20.3 Å². The maximum Gasteiger partial charge on any atom is 0.356 e. The van der Waals surface area contributed by atoms with E-state index >= 15 is 0 Å². The summed E-state index contributed by atoms with van der Waals surface area (Å²) in [5.74, 6) is -3.63. The number of fused-ring (bicyclic) bond motifs is 1. The summed E-state index contributed by atoms with van der Waals surface area (Å²) in [5.41, 5.74) is 5.16. The summed E-state index contributed by atoms with van der Waals surface area (Å²) in [5, 5.41) is 16.2. The standard InChI is InChI=1S/C16H17N5O7S2/c1-5-11(28-6(2)22)10(15(25)26)21-13(24)9(14(21)30-5)19-12(23)8(20-27-3)7-4-29-16(17)18-7/h4-5,9,14H,1-3H3,(H2,17,18)(H,19,23)(H,25,26)/b20-8-/t5?,9?,14-/m1/s1. The quantitative estimate of drug-likeness (QED) is 0.224. The van der Waals surface area contributed by atoms with Crippen molar-refractivity contribution in [3.8, 4) is 0 Å². The summed E-state index contributed by atoms with van der Waals surface area (Å²) in [7, 11) is 1.25. The van der Waals surface area contributed by atoms with Crippen LogP contribution in [0.15, 0.2) is 22.0 Å². The van der Waals surface area contributed by atoms with Crippen molar-refractivity contribution in [2.24, 2.45) is 5.16 Å². The number of aromatic nitrogens is 1. The second-order valence-corrected chi connectivity index (χ2v) is 8.49. The molecule has 3 heterocycles. The Kier molecular flexibility index (Phi) is 5.98. The molecule has 3 atom stereocenters. The van der Waals surface area contributed by atoms with Gasteiger partial charge in [0.25, 0.3) is 11.8 Å². The zero-order valence-corrected chi connectivity index (χ0v) is 17.6. The fourth-order valence-electron chi connectivity index (χ4n) is 2.95. The molecule has 0 bridgehead atoms. The van der Waals surface area contributed by atoms with E-state index < -0.39 is 46.1 Å². The van der Waals surface area contributed by atoms with Gasteiger partial charge in [0.05, 0.1) is 5.25 Å². The Hall–Kier alpha value is -3.13. The van der Waals surface area contributed by atoms with Gasteiger partial charge in [-0.25, -0.2) is 9.78 Å². The molecular weight excluding hydrogens is 438 g/mol. The summed E-state index contributed by atoms with van der Waals surface area (Å²) in [6.45, 7) is 2.78. The minimum Gasteiger partial charge on any atom is -0.476 e. The molecule has 0 aliphatic carbocycles. The fourth-order valence-corrected chi connectivity index (χ4v) is 4.87. The molecule has 0 aromatic carbocycles. The number of carboxylic acid groups (broad SMARTS) is 1. The molecule has 3 rings (SSSR count). The van der Waals surface area contributed by atoms with Crippen LogP contribution in [0.3, 0.4) is 0 Å². The number of nitrogens with one attached hydrogen (secondary N) is 1. The van der Waals surface area contributed by atoms with E-state index in [0.717, 1.165) is 23.2 Å². The Morgan fingerprint density at radius 2 is 2.10 bits per heavy atom. The number of nitrogen functional groups attached to an aromatic ring is 1. The number of hydrogen-bond donors (Lipinski definition) is 3. The number of nitrogens with two attached hydrogens (primary N) is 1. The molecule has 1 aromatic heterocycles. The molecule has 12 nitrogen and oxygen atoms in total. The van der Waals surface area contributed by atoms with Gasteiger partial charge in [0.2, 0.25) is 0 Å². The maximum absolute atomic E-state index is 12.7. The maximum atomic E-state index is 12.7. The van der Waals surface area contributed by atoms with Crippen LogP contribution < -0.4 is 11.1 Å². The highest BCUT2D eigenvalue weighted by molar-refractivity contribution is 8.00. The number of anilines is 1. The van der Waals surface area contributed by atoms with Gasteiger partial charge in [0, 0.05) is 12.3 Å². The topological polar surface area (TPSA) is 174 Å². The van der Waals surface area contributed by atoms with E-state index in [9.17, 15) is 24.3 Å². The van der Waals surface area contributed by atoms with Gasteiger partial charge in [-0.2, -0.15) is 0 Å². The van der Waals surface area contributed by atoms with Crippen LogP contribution in [0.25, 0.3) is 0 Å². The molecule has 1 aromatic rings. The zero-order chi connectivity index (χ0) is 22.2. The average Bonchev–Trinajstić information content (AvgIpc) is 3.10. The summed E-state index contributed by atoms with van der Waals surface area (Å²) in [6, 6.07) is -1.02. The lowest BCUT2D eigenvalue weighted by Crippen LogP contribution is -2.71. The molecule has 1 fully saturated rings. The molecule has 2 aliphatic heterocycles. The highest BCUT2D eigenvalue weighted by Gasteiger charge is 2.56. The Balaban J connectivity index is 1.84. The van der Waals surface area contributed by atoms with Gasteiger partial charge in [-0.1, -0.05) is 5.16 Å². The predicted octanol–water partition coefficient (Wildman–Crippen LogP) is -0.276. The first-order valence-corrected chi connectivity index (χ1v) is 10.3. The van der Waals surface area contributed by atoms with Crippen molar-refractivity contribution in [2.45, 2.75) is 30.5 Å². The first-order chi connectivity index (χ1) is 14.1. The summed E-state index contributed by atoms with van der Waals surface area (Å²) < 4.78 is 5.03. The Morgan fingerprint density at radius 3 is 2.63 bits per heavy atom. The van der Waals surface area contributed by atoms with Crippen molar-refractivity contribution < 1.29 is 33.9 Å². The molecule has 4 N–H and O–H groups in total. The third-order valence-electron chi connectivity index (χ3n) is 4.14. The van der Waals surface area contributed by atoms with Crippen molar-refractivity contribution in [2.75, 3.05) is 12.8 Å². The number of carbonyl (C=O) groups is 4. The number of rotatable bonds is 6. The van der Waals surface area contributed by atoms with Crippen LogP contribution in [-0.2, 0) is 28.8 Å². The number of amides is 2. The van der Waals surface area contributed by atoms with Gasteiger partial charge in [0.15, 0.2) is 22.3 Å². The number of thiazole rings is 1. The lowest BCUT2D eigenvalue weighted by atomic mass is 10.0. The fraction of sp³-hybridized carbons (Fsp3) is 0.375. The van der Waals surface area contributed by atoms with E-state index in [1.54, 1.807) is 6.92 Å². The Bertz CT molecular complexity index is 988. The number of esters is 1. The van der Waals surface area contributed by atoms with E-state index in [4.69, 9.17) is 10.5 Å². The third kappa shape index (κ3) is 3.82. The Morgan fingerprint density at radius 1 is 1.40 bits per heavy atom. The molecule has 30 heavy (non-hydrogen) atoms. The lowest BCUT2D eigenvalue weighted by molar-refractivity contribution is -0.151. The number of nitrogens with zero attached hydrogens (tertiary/aromatic N) is 3. The van der Waals surface area contributed by atoms with Crippen molar-refractivity contribution >= 4 is 57.7 Å². The van der Waals surface area contributed by atoms with E-state index in [0.29, 0.717) is 0 Å². The summed E-state index contributed by atoms with van der Waals surface area (Å²) in [4.78, 5) is 58.1. The normalized spacial score (nSPS) is 23.4. The monoisotopic (exact) mass is 455 g/mol. The van der Waals surface area contributed by atoms with Crippen LogP contribution in [0.4, 0.5) is 5.13 Å². The number of thioether (sulfide) groups is 1. The zero-order valence-electron chi connectivity index (χ0n) is 15.9. The number of β-lactam (4-membered cyclic amide) rings is 1. The van der Waals surface area contributed by atoms with Crippen LogP contribution in [0, 0.1) is 0 Å². The summed E-state index contributed by atoms with van der Waals surface area (Å²) >= 11 is 2.27. The van der Waals surface area contributed by atoms with Crippen molar-refractivity contribution in [1.29, 1.82) is 0 Å². The van der Waals surface area contributed by atoms with Gasteiger partial charge >= 0.3 is 11.9 Å². The molecule has 2 unspecified atom stereocenters. The van der Waals surface area contributed by atoms with Crippen molar-refractivity contribution in [1.82, 2.24) is 15.2 Å². The van der Waals surface area contributed by atoms with Crippen molar-refractivity contribution in [3.05, 3.63) is 22.5 Å². The number of hydrogen-bond acceptors (Lipinski definition) is 11. The molecule has 0 saturated carbocycles. The minimum absolute atomic E-state index is 0.117. The largest absolute Gasteiger partial charge is 0.476 e. The molecule has 0 spiro atoms. The number of carbonyl (C=O) groups excluding carboxylic acids is 3. The second kappa shape index (κ2) is 8.31. The number of ether oxygens (including phenoxy) is 1. The summed E-state index contributed by atoms with van der Waals surface area (Å²) in [6.07, 6.45) is 0. The van der Waals surface area contributed by atoms with Gasteiger partial charge < -0.3 is 25.7 Å². The van der Waals surface area contributed by atoms with E-state index in [1.165, 1.54) is 24.3 Å². The van der Waals surface area contributed by atoms with Gasteiger partial charge in [-0.3, -0.25) is 19.3 Å². The number of aliphatic carboxylic acids is 1. The predicted molar refractivity (Wildman–Crippen MR) is 106 cm³/mol. The van der Waals surface area contributed by atoms with E-state index in [-0.39, 0.29) is 22.3 Å². The second-order valence-electron chi connectivity index (χ2n) is 6.13. The minimum atomic E-state index is -1.42. The average molecular weight is 455 g/mol. The molecule has 14 heteroatoms. The SMILES string of the molecule is CO/N=C(\C(=O)NC1C(=O)N2C(C(=O)O)=C(OC(C)=O)C(C)S[C@H]12)c1csc(N)n1. The smallest absolute Gasteiger partial charge is 0.356 e. The molecule has 2 amide bonds. The molecular formula is C16H17N5O7S2. The third-order valence-corrected chi connectivity index (χ3v) is 6.19. The van der Waals surface area contributed by atoms with E-state index in [1.807, 2.05) is 0 Å². The first kappa shape index (κ1) is 21.6. The van der Waals surface area contributed by atoms with Crippen LogP contribution in [0.5, 0.6) is 0 Å². The van der Waals surface area contributed by atoms with Gasteiger partial charge in [0.1, 0.15) is 24.2 Å². The molecule has 1 saturated heterocycles. The number of oxime groups is 1. The highest BCUT2D eigenvalue weighted by Crippen LogP contribution is 2.44. The molecule has 160 valence electrons. The van der Waals surface area contributed by atoms with Gasteiger partial charge in [-0.15, -0.1) is 23.1 Å². The van der Waals surface area contributed by atoms with Crippen LogP contribution in [-0.4, -0.2) is 68.2 Å². The lowest BCUT2D eigenvalue weighted by Gasteiger charge is -2.50. The first-order valence-electron chi connectivity index (χ1n) is 8.43. The number of carboxylic acids is 1.